The summed E-state index contributed by atoms with van der Waals surface area (Å²) in [4.78, 5) is 29.3. The highest BCUT2D eigenvalue weighted by Gasteiger charge is 2.40. The molecule has 0 bridgehead atoms. The van der Waals surface area contributed by atoms with Gasteiger partial charge in [-0.25, -0.2) is 0 Å². The topological polar surface area (TPSA) is 97.2 Å². The van der Waals surface area contributed by atoms with Crippen LogP contribution in [-0.4, -0.2) is 40.0 Å². The van der Waals surface area contributed by atoms with E-state index in [0.29, 0.717) is 28.5 Å². The minimum Gasteiger partial charge on any atom is -0.481 e. The molecule has 7 heteroatoms. The molecule has 2 N–H and O–H groups in total. The zero-order valence-electron chi connectivity index (χ0n) is 14.4. The lowest BCUT2D eigenvalue weighted by molar-refractivity contribution is -0.139. The summed E-state index contributed by atoms with van der Waals surface area (Å²) in [7, 11) is 0. The van der Waals surface area contributed by atoms with Crippen molar-refractivity contribution < 1.29 is 14.7 Å². The summed E-state index contributed by atoms with van der Waals surface area (Å²) >= 11 is 5.98. The molecule has 0 spiro atoms. The molecule has 1 atom stereocenters. The Labute approximate surface area is 156 Å². The number of amides is 1. The number of rotatable bonds is 2. The zero-order chi connectivity index (χ0) is 19.1. The SMILES string of the molecule is CC1(C)CN(C(=O)c2cccc(Cl)c2)CC(C(=O)O)c2[nH]c(C#N)cc21. The summed E-state index contributed by atoms with van der Waals surface area (Å²) in [5, 5.41) is 19.3. The molecule has 0 aliphatic carbocycles. The van der Waals surface area contributed by atoms with Crippen molar-refractivity contribution in [3.63, 3.8) is 0 Å². The van der Waals surface area contributed by atoms with Gasteiger partial charge in [0.1, 0.15) is 17.7 Å². The Morgan fingerprint density at radius 1 is 1.38 bits per heavy atom. The number of carbonyl (C=O) groups excluding carboxylic acids is 1. The molecule has 1 aromatic heterocycles. The molecule has 3 rings (SSSR count). The fourth-order valence-corrected chi connectivity index (χ4v) is 3.65. The van der Waals surface area contributed by atoms with E-state index in [1.54, 1.807) is 35.2 Å². The normalized spacial score (nSPS) is 18.5. The van der Waals surface area contributed by atoms with E-state index in [4.69, 9.17) is 16.9 Å². The molecule has 1 aliphatic rings. The van der Waals surface area contributed by atoms with Crippen LogP contribution in [0.3, 0.4) is 0 Å². The first-order chi connectivity index (χ1) is 12.2. The van der Waals surface area contributed by atoms with Gasteiger partial charge in [0.05, 0.1) is 0 Å². The maximum Gasteiger partial charge on any atom is 0.314 e. The molecule has 0 saturated heterocycles. The second-order valence-electron chi connectivity index (χ2n) is 7.09. The molecule has 134 valence electrons. The smallest absolute Gasteiger partial charge is 0.314 e. The van der Waals surface area contributed by atoms with Crippen LogP contribution in [0.1, 0.15) is 47.1 Å². The largest absolute Gasteiger partial charge is 0.481 e. The fourth-order valence-electron chi connectivity index (χ4n) is 3.46. The Balaban J connectivity index is 2.04. The van der Waals surface area contributed by atoms with Crippen LogP contribution in [0, 0.1) is 11.3 Å². The third-order valence-electron chi connectivity index (χ3n) is 4.69. The lowest BCUT2D eigenvalue weighted by Gasteiger charge is -2.30. The van der Waals surface area contributed by atoms with Gasteiger partial charge in [0, 0.05) is 34.8 Å². The fraction of sp³-hybridized carbons (Fsp3) is 0.316. The molecule has 26 heavy (non-hydrogen) atoms. The van der Waals surface area contributed by atoms with Gasteiger partial charge in [-0.2, -0.15) is 5.26 Å². The van der Waals surface area contributed by atoms with Crippen molar-refractivity contribution in [2.24, 2.45) is 0 Å². The van der Waals surface area contributed by atoms with Gasteiger partial charge in [-0.1, -0.05) is 31.5 Å². The second kappa shape index (κ2) is 6.50. The molecule has 6 nitrogen and oxygen atoms in total. The Morgan fingerprint density at radius 3 is 2.73 bits per heavy atom. The van der Waals surface area contributed by atoms with Crippen LogP contribution in [0.15, 0.2) is 30.3 Å². The number of fused-ring (bicyclic) bond motifs is 1. The van der Waals surface area contributed by atoms with Crippen LogP contribution >= 0.6 is 11.6 Å². The lowest BCUT2D eigenvalue weighted by Crippen LogP contribution is -2.41. The molecule has 1 amide bonds. The minimum absolute atomic E-state index is 0.0164. The number of aliphatic carboxylic acids is 1. The predicted octanol–water partition coefficient (Wildman–Crippen LogP) is 3.14. The van der Waals surface area contributed by atoms with Crippen molar-refractivity contribution in [3.8, 4) is 6.07 Å². The molecule has 0 fully saturated rings. The molecule has 0 saturated carbocycles. The first kappa shape index (κ1) is 18.0. The number of hydrogen-bond donors (Lipinski definition) is 2. The van der Waals surface area contributed by atoms with E-state index < -0.39 is 17.3 Å². The summed E-state index contributed by atoms with van der Waals surface area (Å²) in [5.74, 6) is -2.24. The summed E-state index contributed by atoms with van der Waals surface area (Å²) < 4.78 is 0. The monoisotopic (exact) mass is 371 g/mol. The van der Waals surface area contributed by atoms with Gasteiger partial charge in [0.2, 0.25) is 0 Å². The number of H-pyrrole nitrogens is 1. The molecule has 1 unspecified atom stereocenters. The van der Waals surface area contributed by atoms with Crippen molar-refractivity contribution in [2.75, 3.05) is 13.1 Å². The van der Waals surface area contributed by atoms with Crippen LogP contribution in [0.25, 0.3) is 0 Å². The number of carboxylic acids is 1. The third-order valence-corrected chi connectivity index (χ3v) is 4.93. The highest BCUT2D eigenvalue weighted by molar-refractivity contribution is 6.30. The van der Waals surface area contributed by atoms with E-state index in [0.717, 1.165) is 5.56 Å². The molecule has 2 aromatic rings. The highest BCUT2D eigenvalue weighted by atomic mass is 35.5. The number of hydrogen-bond acceptors (Lipinski definition) is 3. The molecule has 1 aromatic carbocycles. The number of nitriles is 1. The molecule has 0 radical (unpaired) electrons. The van der Waals surface area contributed by atoms with Crippen molar-refractivity contribution in [1.82, 2.24) is 9.88 Å². The highest BCUT2D eigenvalue weighted by Crippen LogP contribution is 2.37. The number of carboxylic acid groups (broad SMARTS) is 1. The molecule has 1 aliphatic heterocycles. The number of nitrogens with zero attached hydrogens (tertiary/aromatic N) is 2. The molecule has 2 heterocycles. The van der Waals surface area contributed by atoms with Crippen LogP contribution in [0.4, 0.5) is 0 Å². The van der Waals surface area contributed by atoms with Crippen LogP contribution in [0.5, 0.6) is 0 Å². The Kier molecular flexibility index (Phi) is 4.51. The number of aromatic nitrogens is 1. The van der Waals surface area contributed by atoms with Crippen molar-refractivity contribution in [1.29, 1.82) is 5.26 Å². The van der Waals surface area contributed by atoms with Crippen LogP contribution in [0.2, 0.25) is 5.02 Å². The van der Waals surface area contributed by atoms with Gasteiger partial charge in [-0.05, 0) is 29.8 Å². The maximum atomic E-state index is 13.0. The average molecular weight is 372 g/mol. The summed E-state index contributed by atoms with van der Waals surface area (Å²) in [6.45, 7) is 4.22. The van der Waals surface area contributed by atoms with E-state index in [2.05, 4.69) is 4.98 Å². The number of carbonyl (C=O) groups is 2. The van der Waals surface area contributed by atoms with Gasteiger partial charge in [0.15, 0.2) is 0 Å². The quantitative estimate of drug-likeness (QED) is 0.847. The van der Waals surface area contributed by atoms with E-state index in [-0.39, 0.29) is 12.5 Å². The average Bonchev–Trinajstić information content (AvgIpc) is 2.98. The minimum atomic E-state index is -1.04. The summed E-state index contributed by atoms with van der Waals surface area (Å²) in [6, 6.07) is 10.3. The maximum absolute atomic E-state index is 13.0. The van der Waals surface area contributed by atoms with Crippen LogP contribution in [-0.2, 0) is 10.2 Å². The van der Waals surface area contributed by atoms with Gasteiger partial charge < -0.3 is 15.0 Å². The van der Waals surface area contributed by atoms with Crippen molar-refractivity contribution in [3.05, 3.63) is 57.9 Å². The van der Waals surface area contributed by atoms with E-state index in [1.165, 1.54) is 0 Å². The summed E-state index contributed by atoms with van der Waals surface area (Å²) in [6.07, 6.45) is 0. The Morgan fingerprint density at radius 2 is 2.12 bits per heavy atom. The van der Waals surface area contributed by atoms with E-state index >= 15 is 0 Å². The Hall–Kier alpha value is -2.78. The number of aromatic amines is 1. The first-order valence-corrected chi connectivity index (χ1v) is 8.52. The number of nitrogens with one attached hydrogen (secondary N) is 1. The summed E-state index contributed by atoms with van der Waals surface area (Å²) in [5.41, 5.74) is 1.47. The molecular weight excluding hydrogens is 354 g/mol. The van der Waals surface area contributed by atoms with E-state index in [1.807, 2.05) is 19.9 Å². The van der Waals surface area contributed by atoms with Gasteiger partial charge in [-0.3, -0.25) is 9.59 Å². The first-order valence-electron chi connectivity index (χ1n) is 8.14. The zero-order valence-corrected chi connectivity index (χ0v) is 15.2. The third kappa shape index (κ3) is 3.18. The van der Waals surface area contributed by atoms with Gasteiger partial charge in [0.25, 0.3) is 5.91 Å². The second-order valence-corrected chi connectivity index (χ2v) is 7.53. The lowest BCUT2D eigenvalue weighted by atomic mass is 9.83. The standard InChI is InChI=1S/C19H18ClN3O3/c1-19(2)10-23(17(24)11-4-3-5-12(20)6-11)9-14(18(25)26)16-15(19)7-13(8-21)22-16/h3-7,14,22H,9-10H2,1-2H3,(H,25,26). The van der Waals surface area contributed by atoms with Gasteiger partial charge >= 0.3 is 5.97 Å². The number of benzene rings is 1. The predicted molar refractivity (Wildman–Crippen MR) is 96.3 cm³/mol. The Bertz CT molecular complexity index is 926. The van der Waals surface area contributed by atoms with Gasteiger partial charge in [-0.15, -0.1) is 0 Å². The van der Waals surface area contributed by atoms with Crippen LogP contribution < -0.4 is 0 Å². The van der Waals surface area contributed by atoms with E-state index in [9.17, 15) is 14.7 Å². The molecular formula is C19H18ClN3O3. The number of halogens is 1. The van der Waals surface area contributed by atoms with Crippen molar-refractivity contribution in [2.45, 2.75) is 25.2 Å². The van der Waals surface area contributed by atoms with Crippen molar-refractivity contribution >= 4 is 23.5 Å².